The summed E-state index contributed by atoms with van der Waals surface area (Å²) < 4.78 is 5.37. The molecule has 0 saturated heterocycles. The molecule has 0 N–H and O–H groups in total. The van der Waals surface area contributed by atoms with Gasteiger partial charge in [0.2, 0.25) is 5.82 Å². The fourth-order valence-corrected chi connectivity index (χ4v) is 2.16. The van der Waals surface area contributed by atoms with Crippen molar-refractivity contribution in [1.29, 1.82) is 0 Å². The highest BCUT2D eigenvalue weighted by Crippen LogP contribution is 2.26. The Balaban J connectivity index is 1.90. The van der Waals surface area contributed by atoms with Crippen LogP contribution >= 0.6 is 0 Å². The van der Waals surface area contributed by atoms with E-state index in [1.807, 2.05) is 42.5 Å². The molecule has 3 heteroatoms. The minimum absolute atomic E-state index is 0.141. The van der Waals surface area contributed by atoms with Crippen LogP contribution in [0.4, 0.5) is 0 Å². The quantitative estimate of drug-likeness (QED) is 0.682. The lowest BCUT2D eigenvalue weighted by Gasteiger charge is -2.18. The molecule has 0 radical (unpaired) electrons. The molecule has 0 saturated carbocycles. The predicted octanol–water partition coefficient (Wildman–Crippen LogP) is 4.70. The summed E-state index contributed by atoms with van der Waals surface area (Å²) in [4.78, 5) is 4.46. The van der Waals surface area contributed by atoms with Crippen molar-refractivity contribution in [2.75, 3.05) is 0 Å². The second kappa shape index (κ2) is 5.17. The van der Waals surface area contributed by atoms with Gasteiger partial charge < -0.3 is 4.52 Å². The molecular formula is C18H18N2O. The highest BCUT2D eigenvalue weighted by atomic mass is 16.5. The maximum absolute atomic E-state index is 5.37. The van der Waals surface area contributed by atoms with E-state index in [2.05, 4.69) is 43.0 Å². The van der Waals surface area contributed by atoms with Gasteiger partial charge in [0.05, 0.1) is 0 Å². The predicted molar refractivity (Wildman–Crippen MR) is 83.9 cm³/mol. The molecule has 0 fully saturated rings. The van der Waals surface area contributed by atoms with E-state index in [9.17, 15) is 0 Å². The summed E-state index contributed by atoms with van der Waals surface area (Å²) in [5.41, 5.74) is 3.33. The minimum Gasteiger partial charge on any atom is -0.334 e. The molecule has 0 bridgehead atoms. The Kier molecular flexibility index (Phi) is 3.34. The van der Waals surface area contributed by atoms with E-state index >= 15 is 0 Å². The van der Waals surface area contributed by atoms with E-state index in [-0.39, 0.29) is 5.41 Å². The first kappa shape index (κ1) is 13.6. The first-order valence-electron chi connectivity index (χ1n) is 7.04. The molecule has 0 spiro atoms. The molecule has 106 valence electrons. The molecule has 1 heterocycles. The zero-order valence-corrected chi connectivity index (χ0v) is 12.5. The second-order valence-corrected chi connectivity index (χ2v) is 6.12. The van der Waals surface area contributed by atoms with Crippen molar-refractivity contribution >= 4 is 0 Å². The lowest BCUT2D eigenvalue weighted by atomic mass is 9.87. The molecule has 0 aliphatic rings. The van der Waals surface area contributed by atoms with Gasteiger partial charge in [-0.3, -0.25) is 0 Å². The first-order chi connectivity index (χ1) is 10.0. The summed E-state index contributed by atoms with van der Waals surface area (Å²) in [5, 5.41) is 4.05. The largest absolute Gasteiger partial charge is 0.334 e. The summed E-state index contributed by atoms with van der Waals surface area (Å²) in [5.74, 6) is 1.17. The Labute approximate surface area is 124 Å². The zero-order chi connectivity index (χ0) is 14.9. The lowest BCUT2D eigenvalue weighted by molar-refractivity contribution is 0.432. The average Bonchev–Trinajstić information content (AvgIpc) is 2.97. The number of rotatable bonds is 2. The summed E-state index contributed by atoms with van der Waals surface area (Å²) >= 11 is 0. The third-order valence-corrected chi connectivity index (χ3v) is 3.46. The van der Waals surface area contributed by atoms with Gasteiger partial charge in [-0.1, -0.05) is 68.4 Å². The number of hydrogen-bond donors (Lipinski definition) is 0. The molecule has 3 rings (SSSR count). The van der Waals surface area contributed by atoms with E-state index in [0.717, 1.165) is 11.1 Å². The Morgan fingerprint density at radius 1 is 0.810 bits per heavy atom. The molecule has 2 aromatic carbocycles. The van der Waals surface area contributed by atoms with Crippen molar-refractivity contribution in [3.05, 3.63) is 60.2 Å². The van der Waals surface area contributed by atoms with Crippen LogP contribution in [0.15, 0.2) is 59.1 Å². The SMILES string of the molecule is CC(C)(C)c1ccc(-c2nc(-c3ccccc3)no2)cc1. The molecule has 1 aromatic heterocycles. The van der Waals surface area contributed by atoms with Gasteiger partial charge in [-0.15, -0.1) is 0 Å². The summed E-state index contributed by atoms with van der Waals surface area (Å²) in [6.07, 6.45) is 0. The van der Waals surface area contributed by atoms with Gasteiger partial charge in [0.1, 0.15) is 0 Å². The lowest BCUT2D eigenvalue weighted by Crippen LogP contribution is -2.10. The minimum atomic E-state index is 0.141. The summed E-state index contributed by atoms with van der Waals surface area (Å²) in [6, 6.07) is 18.1. The smallest absolute Gasteiger partial charge is 0.258 e. The molecule has 0 atom stereocenters. The zero-order valence-electron chi connectivity index (χ0n) is 12.5. The summed E-state index contributed by atoms with van der Waals surface area (Å²) in [6.45, 7) is 6.59. The van der Waals surface area contributed by atoms with Crippen molar-refractivity contribution in [2.24, 2.45) is 0 Å². The molecule has 21 heavy (non-hydrogen) atoms. The van der Waals surface area contributed by atoms with Crippen LogP contribution in [0.25, 0.3) is 22.8 Å². The van der Waals surface area contributed by atoms with Crippen LogP contribution in [0.2, 0.25) is 0 Å². The van der Waals surface area contributed by atoms with Crippen LogP contribution in [0.1, 0.15) is 26.3 Å². The van der Waals surface area contributed by atoms with E-state index in [1.54, 1.807) is 0 Å². The van der Waals surface area contributed by atoms with Crippen LogP contribution in [0, 0.1) is 0 Å². The molecule has 0 aliphatic heterocycles. The number of aromatic nitrogens is 2. The van der Waals surface area contributed by atoms with Gasteiger partial charge in [0.25, 0.3) is 5.89 Å². The van der Waals surface area contributed by atoms with E-state index in [0.29, 0.717) is 11.7 Å². The van der Waals surface area contributed by atoms with Crippen LogP contribution in [-0.4, -0.2) is 10.1 Å². The summed E-state index contributed by atoms with van der Waals surface area (Å²) in [7, 11) is 0. The van der Waals surface area contributed by atoms with Crippen molar-refractivity contribution in [1.82, 2.24) is 10.1 Å². The average molecular weight is 278 g/mol. The Morgan fingerprint density at radius 3 is 2.10 bits per heavy atom. The van der Waals surface area contributed by atoms with Crippen LogP contribution < -0.4 is 0 Å². The van der Waals surface area contributed by atoms with Gasteiger partial charge in [0, 0.05) is 11.1 Å². The molecular weight excluding hydrogens is 260 g/mol. The molecule has 0 amide bonds. The number of benzene rings is 2. The standard InChI is InChI=1S/C18H18N2O/c1-18(2,3)15-11-9-14(10-12-15)17-19-16(20-21-17)13-7-5-4-6-8-13/h4-12H,1-3H3. The van der Waals surface area contributed by atoms with Gasteiger partial charge in [0.15, 0.2) is 0 Å². The third-order valence-electron chi connectivity index (χ3n) is 3.46. The van der Waals surface area contributed by atoms with Crippen LogP contribution in [0.3, 0.4) is 0 Å². The highest BCUT2D eigenvalue weighted by molar-refractivity contribution is 5.59. The van der Waals surface area contributed by atoms with Crippen LogP contribution in [0.5, 0.6) is 0 Å². The number of nitrogens with zero attached hydrogens (tertiary/aromatic N) is 2. The fourth-order valence-electron chi connectivity index (χ4n) is 2.16. The Bertz CT molecular complexity index is 722. The van der Waals surface area contributed by atoms with Crippen molar-refractivity contribution in [3.8, 4) is 22.8 Å². The molecule has 3 nitrogen and oxygen atoms in total. The van der Waals surface area contributed by atoms with Crippen molar-refractivity contribution in [2.45, 2.75) is 26.2 Å². The molecule has 3 aromatic rings. The van der Waals surface area contributed by atoms with Gasteiger partial charge in [-0.2, -0.15) is 4.98 Å². The maximum atomic E-state index is 5.37. The van der Waals surface area contributed by atoms with E-state index < -0.39 is 0 Å². The Morgan fingerprint density at radius 2 is 1.48 bits per heavy atom. The fraction of sp³-hybridized carbons (Fsp3) is 0.222. The van der Waals surface area contributed by atoms with Crippen molar-refractivity contribution < 1.29 is 4.52 Å². The Hall–Kier alpha value is -2.42. The second-order valence-electron chi connectivity index (χ2n) is 6.12. The topological polar surface area (TPSA) is 38.9 Å². The van der Waals surface area contributed by atoms with E-state index in [4.69, 9.17) is 4.52 Å². The van der Waals surface area contributed by atoms with E-state index in [1.165, 1.54) is 5.56 Å². The first-order valence-corrected chi connectivity index (χ1v) is 7.04. The van der Waals surface area contributed by atoms with Crippen LogP contribution in [-0.2, 0) is 5.41 Å². The van der Waals surface area contributed by atoms with Gasteiger partial charge in [-0.25, -0.2) is 0 Å². The normalized spacial score (nSPS) is 11.6. The third kappa shape index (κ3) is 2.87. The molecule has 0 unspecified atom stereocenters. The monoisotopic (exact) mass is 278 g/mol. The van der Waals surface area contributed by atoms with Gasteiger partial charge >= 0.3 is 0 Å². The maximum Gasteiger partial charge on any atom is 0.258 e. The van der Waals surface area contributed by atoms with Crippen molar-refractivity contribution in [3.63, 3.8) is 0 Å². The van der Waals surface area contributed by atoms with Gasteiger partial charge in [-0.05, 0) is 23.1 Å². The number of hydrogen-bond acceptors (Lipinski definition) is 3. The molecule has 0 aliphatic carbocycles. The highest BCUT2D eigenvalue weighted by Gasteiger charge is 2.15.